The number of furan rings is 1. The number of amides is 2. The molecule has 0 saturated carbocycles. The van der Waals surface area contributed by atoms with E-state index in [1.165, 1.54) is 34.3 Å². The van der Waals surface area contributed by atoms with Gasteiger partial charge in [0.25, 0.3) is 0 Å². The summed E-state index contributed by atoms with van der Waals surface area (Å²) in [5, 5.41) is 0. The number of nitrogens with zero attached hydrogens (tertiary/aromatic N) is 2. The molecule has 0 radical (unpaired) electrons. The smallest absolute Gasteiger partial charge is 0.416 e. The van der Waals surface area contributed by atoms with Gasteiger partial charge >= 0.3 is 22.3 Å². The fraction of sp³-hybridized carbons (Fsp3) is 0.227. The zero-order valence-corrected chi connectivity index (χ0v) is 18.6. The number of alkyl halides is 3. The first-order valence-corrected chi connectivity index (χ1v) is 11.1. The SMILES string of the molecule is CN(C)C(=O)N(Cc1cccc(OS(=O)(=O)c2cccc(C(F)(F)F)c2)c1)Cc1ccco1. The van der Waals surface area contributed by atoms with Gasteiger partial charge in [-0.25, -0.2) is 4.79 Å². The highest BCUT2D eigenvalue weighted by atomic mass is 32.2. The molecule has 0 fully saturated rings. The van der Waals surface area contributed by atoms with E-state index in [1.807, 2.05) is 0 Å². The number of carbonyl (C=O) groups is 1. The summed E-state index contributed by atoms with van der Waals surface area (Å²) in [6.07, 6.45) is -3.21. The monoisotopic (exact) mass is 482 g/mol. The van der Waals surface area contributed by atoms with E-state index in [4.69, 9.17) is 8.60 Å². The fourth-order valence-electron chi connectivity index (χ4n) is 2.98. The Balaban J connectivity index is 1.81. The molecular weight excluding hydrogens is 461 g/mol. The molecule has 0 aliphatic rings. The second-order valence-electron chi connectivity index (χ2n) is 7.32. The Morgan fingerprint density at radius 2 is 1.73 bits per heavy atom. The van der Waals surface area contributed by atoms with Crippen LogP contribution in [0.15, 0.2) is 76.2 Å². The standard InChI is InChI=1S/C22H21F3N2O5S/c1-26(2)21(28)27(15-19-9-5-11-31-19)14-16-6-3-8-18(12-16)32-33(29,30)20-10-4-7-17(13-20)22(23,24)25/h3-13H,14-15H2,1-2H3. The molecule has 11 heteroatoms. The molecule has 33 heavy (non-hydrogen) atoms. The van der Waals surface area contributed by atoms with Crippen molar-refractivity contribution in [1.82, 2.24) is 9.80 Å². The van der Waals surface area contributed by atoms with Gasteiger partial charge in [0.15, 0.2) is 0 Å². The first kappa shape index (κ1) is 24.2. The van der Waals surface area contributed by atoms with Gasteiger partial charge in [-0.2, -0.15) is 21.6 Å². The Morgan fingerprint density at radius 3 is 2.36 bits per heavy atom. The van der Waals surface area contributed by atoms with Crippen LogP contribution in [-0.2, 0) is 29.4 Å². The zero-order chi connectivity index (χ0) is 24.2. The molecule has 0 N–H and O–H groups in total. The Bertz CT molecular complexity index is 1210. The third kappa shape index (κ3) is 6.28. The number of hydrogen-bond donors (Lipinski definition) is 0. The summed E-state index contributed by atoms with van der Waals surface area (Å²) < 4.78 is 74.3. The van der Waals surface area contributed by atoms with Gasteiger partial charge in [0.2, 0.25) is 0 Å². The molecule has 2 amide bonds. The predicted octanol–water partition coefficient (Wildman–Crippen LogP) is 4.75. The van der Waals surface area contributed by atoms with Crippen LogP contribution in [0.1, 0.15) is 16.9 Å². The Hall–Kier alpha value is -3.47. The van der Waals surface area contributed by atoms with Crippen molar-refractivity contribution >= 4 is 16.1 Å². The van der Waals surface area contributed by atoms with Crippen molar-refractivity contribution in [2.45, 2.75) is 24.2 Å². The molecular formula is C22H21F3N2O5S. The van der Waals surface area contributed by atoms with E-state index in [-0.39, 0.29) is 24.9 Å². The second-order valence-corrected chi connectivity index (χ2v) is 8.87. The Morgan fingerprint density at radius 1 is 1.00 bits per heavy atom. The van der Waals surface area contributed by atoms with Gasteiger partial charge in [-0.3, -0.25) is 0 Å². The van der Waals surface area contributed by atoms with Crippen molar-refractivity contribution in [3.63, 3.8) is 0 Å². The minimum atomic E-state index is -4.69. The average Bonchev–Trinajstić information content (AvgIpc) is 3.25. The van der Waals surface area contributed by atoms with Crippen LogP contribution in [0.2, 0.25) is 0 Å². The van der Waals surface area contributed by atoms with E-state index in [1.54, 1.807) is 32.3 Å². The largest absolute Gasteiger partial charge is 0.467 e. The molecule has 0 unspecified atom stereocenters. The molecule has 0 spiro atoms. The lowest BCUT2D eigenvalue weighted by atomic mass is 10.2. The lowest BCUT2D eigenvalue weighted by Gasteiger charge is -2.25. The first-order chi connectivity index (χ1) is 15.5. The summed E-state index contributed by atoms with van der Waals surface area (Å²) in [5.74, 6) is 0.463. The molecule has 176 valence electrons. The van der Waals surface area contributed by atoms with Gasteiger partial charge in [0.05, 0.1) is 18.4 Å². The number of benzene rings is 2. The molecule has 7 nitrogen and oxygen atoms in total. The normalized spacial score (nSPS) is 11.8. The van der Waals surface area contributed by atoms with Crippen LogP contribution in [0, 0.1) is 0 Å². The topological polar surface area (TPSA) is 80.1 Å². The van der Waals surface area contributed by atoms with Gasteiger partial charge in [-0.1, -0.05) is 18.2 Å². The van der Waals surface area contributed by atoms with Crippen LogP contribution in [0.3, 0.4) is 0 Å². The summed E-state index contributed by atoms with van der Waals surface area (Å²) in [4.78, 5) is 14.8. The van der Waals surface area contributed by atoms with Gasteiger partial charge in [0, 0.05) is 20.6 Å². The van der Waals surface area contributed by atoms with Crippen LogP contribution in [-0.4, -0.2) is 38.3 Å². The van der Waals surface area contributed by atoms with Crippen LogP contribution >= 0.6 is 0 Å². The van der Waals surface area contributed by atoms with E-state index in [9.17, 15) is 26.4 Å². The number of carbonyl (C=O) groups excluding carboxylic acids is 1. The van der Waals surface area contributed by atoms with Gasteiger partial charge < -0.3 is 18.4 Å². The van der Waals surface area contributed by atoms with Crippen LogP contribution in [0.25, 0.3) is 0 Å². The van der Waals surface area contributed by atoms with E-state index < -0.39 is 26.8 Å². The predicted molar refractivity (Wildman–Crippen MR) is 113 cm³/mol. The van der Waals surface area contributed by atoms with Crippen molar-refractivity contribution in [2.75, 3.05) is 14.1 Å². The molecule has 3 aromatic rings. The molecule has 0 saturated heterocycles. The quantitative estimate of drug-likeness (QED) is 0.454. The van der Waals surface area contributed by atoms with Crippen molar-refractivity contribution in [3.8, 4) is 5.75 Å². The lowest BCUT2D eigenvalue weighted by Crippen LogP contribution is -2.38. The summed E-state index contributed by atoms with van der Waals surface area (Å²) >= 11 is 0. The van der Waals surface area contributed by atoms with Crippen LogP contribution in [0.5, 0.6) is 5.75 Å². The van der Waals surface area contributed by atoms with Crippen molar-refractivity contribution in [2.24, 2.45) is 0 Å². The molecule has 3 rings (SSSR count). The number of halogens is 3. The molecule has 1 heterocycles. The van der Waals surface area contributed by atoms with E-state index in [0.29, 0.717) is 17.4 Å². The average molecular weight is 482 g/mol. The second kappa shape index (κ2) is 9.57. The Kier molecular flexibility index (Phi) is 7.01. The molecule has 0 aliphatic heterocycles. The van der Waals surface area contributed by atoms with Crippen LogP contribution < -0.4 is 4.18 Å². The highest BCUT2D eigenvalue weighted by Crippen LogP contribution is 2.31. The van der Waals surface area contributed by atoms with E-state index in [0.717, 1.165) is 18.2 Å². The molecule has 0 aliphatic carbocycles. The Labute approximate surface area is 189 Å². The maximum Gasteiger partial charge on any atom is 0.416 e. The summed E-state index contributed by atoms with van der Waals surface area (Å²) in [6.45, 7) is 0.288. The highest BCUT2D eigenvalue weighted by Gasteiger charge is 2.32. The lowest BCUT2D eigenvalue weighted by molar-refractivity contribution is -0.137. The number of urea groups is 1. The van der Waals surface area contributed by atoms with Gasteiger partial charge in [-0.15, -0.1) is 0 Å². The van der Waals surface area contributed by atoms with Gasteiger partial charge in [-0.05, 0) is 48.0 Å². The molecule has 2 aromatic carbocycles. The maximum atomic E-state index is 12.9. The zero-order valence-electron chi connectivity index (χ0n) is 17.7. The van der Waals surface area contributed by atoms with E-state index >= 15 is 0 Å². The third-order valence-corrected chi connectivity index (χ3v) is 5.75. The van der Waals surface area contributed by atoms with E-state index in [2.05, 4.69) is 0 Å². The molecule has 0 bridgehead atoms. The minimum Gasteiger partial charge on any atom is -0.467 e. The van der Waals surface area contributed by atoms with Gasteiger partial charge in [0.1, 0.15) is 16.4 Å². The summed E-state index contributed by atoms with van der Waals surface area (Å²) in [6, 6.07) is 12.4. The summed E-state index contributed by atoms with van der Waals surface area (Å²) in [5.41, 5.74) is -0.551. The van der Waals surface area contributed by atoms with Crippen molar-refractivity contribution in [1.29, 1.82) is 0 Å². The fourth-order valence-corrected chi connectivity index (χ4v) is 3.95. The summed E-state index contributed by atoms with van der Waals surface area (Å²) in [7, 11) is -1.32. The van der Waals surface area contributed by atoms with Crippen LogP contribution in [0.4, 0.5) is 18.0 Å². The molecule has 1 aromatic heterocycles. The van der Waals surface area contributed by atoms with Crippen molar-refractivity contribution < 1.29 is 35.0 Å². The highest BCUT2D eigenvalue weighted by molar-refractivity contribution is 7.87. The number of hydrogen-bond acceptors (Lipinski definition) is 5. The minimum absolute atomic E-state index is 0.0971. The first-order valence-electron chi connectivity index (χ1n) is 9.65. The van der Waals surface area contributed by atoms with Crippen molar-refractivity contribution in [3.05, 3.63) is 83.8 Å². The number of rotatable bonds is 7. The molecule has 0 atom stereocenters. The maximum absolute atomic E-state index is 12.9. The third-order valence-electron chi connectivity index (χ3n) is 4.51.